The standard InChI is InChI=1S/C10H10F4N4O/c11-7-2-5(1-6(3-7)10(12,13)14)4-17-9(19)18-8(15)16/h1-3H,4H2,(H5,15,16,17,18,19). The van der Waals surface area contributed by atoms with Crippen molar-refractivity contribution in [2.45, 2.75) is 12.7 Å². The number of aliphatic imine (C=N–C) groups is 1. The Morgan fingerprint density at radius 1 is 1.26 bits per heavy atom. The molecule has 0 unspecified atom stereocenters. The summed E-state index contributed by atoms with van der Waals surface area (Å²) in [6.45, 7) is -0.337. The van der Waals surface area contributed by atoms with Crippen LogP contribution in [-0.2, 0) is 12.7 Å². The number of guanidine groups is 1. The zero-order valence-corrected chi connectivity index (χ0v) is 9.46. The quantitative estimate of drug-likeness (QED) is 0.433. The summed E-state index contributed by atoms with van der Waals surface area (Å²) < 4.78 is 50.2. The highest BCUT2D eigenvalue weighted by atomic mass is 19.4. The Kier molecular flexibility index (Phi) is 4.30. The second-order valence-corrected chi connectivity index (χ2v) is 3.54. The summed E-state index contributed by atoms with van der Waals surface area (Å²) in [5, 5.41) is 2.12. The van der Waals surface area contributed by atoms with Crippen molar-refractivity contribution in [2.24, 2.45) is 16.5 Å². The molecule has 5 N–H and O–H groups in total. The number of hydrogen-bond acceptors (Lipinski definition) is 1. The summed E-state index contributed by atoms with van der Waals surface area (Å²) in [4.78, 5) is 14.1. The lowest BCUT2D eigenvalue weighted by Gasteiger charge is -2.09. The molecule has 0 fully saturated rings. The molecular weight excluding hydrogens is 268 g/mol. The van der Waals surface area contributed by atoms with E-state index in [9.17, 15) is 22.4 Å². The van der Waals surface area contributed by atoms with Gasteiger partial charge in [0.1, 0.15) is 5.82 Å². The lowest BCUT2D eigenvalue weighted by molar-refractivity contribution is -0.137. The van der Waals surface area contributed by atoms with E-state index in [0.717, 1.165) is 12.1 Å². The monoisotopic (exact) mass is 278 g/mol. The average molecular weight is 278 g/mol. The van der Waals surface area contributed by atoms with Crippen molar-refractivity contribution >= 4 is 12.0 Å². The summed E-state index contributed by atoms with van der Waals surface area (Å²) in [6, 6.07) is 1.02. The second kappa shape index (κ2) is 5.55. The summed E-state index contributed by atoms with van der Waals surface area (Å²) in [5.41, 5.74) is 8.65. The van der Waals surface area contributed by atoms with E-state index in [1.807, 2.05) is 0 Å². The van der Waals surface area contributed by atoms with Crippen molar-refractivity contribution in [3.8, 4) is 0 Å². The normalized spacial score (nSPS) is 10.9. The van der Waals surface area contributed by atoms with Gasteiger partial charge in [-0.15, -0.1) is 0 Å². The van der Waals surface area contributed by atoms with Gasteiger partial charge in [0, 0.05) is 6.54 Å². The molecule has 1 aromatic carbocycles. The first-order chi connectivity index (χ1) is 8.68. The summed E-state index contributed by atoms with van der Waals surface area (Å²) in [7, 11) is 0. The molecule has 5 nitrogen and oxygen atoms in total. The van der Waals surface area contributed by atoms with Gasteiger partial charge in [0.05, 0.1) is 5.56 Å². The van der Waals surface area contributed by atoms with E-state index in [-0.39, 0.29) is 12.1 Å². The van der Waals surface area contributed by atoms with Gasteiger partial charge in [0.2, 0.25) is 0 Å². The number of alkyl halides is 3. The molecule has 104 valence electrons. The molecule has 0 saturated carbocycles. The van der Waals surface area contributed by atoms with E-state index in [1.54, 1.807) is 0 Å². The Bertz CT molecular complexity index is 509. The fraction of sp³-hybridized carbons (Fsp3) is 0.200. The highest BCUT2D eigenvalue weighted by Gasteiger charge is 2.31. The van der Waals surface area contributed by atoms with Gasteiger partial charge in [-0.25, -0.2) is 9.18 Å². The molecule has 2 amide bonds. The second-order valence-electron chi connectivity index (χ2n) is 3.54. The summed E-state index contributed by atoms with van der Waals surface area (Å²) >= 11 is 0. The van der Waals surface area contributed by atoms with Crippen LogP contribution in [0.4, 0.5) is 22.4 Å². The van der Waals surface area contributed by atoms with Crippen LogP contribution < -0.4 is 16.8 Å². The van der Waals surface area contributed by atoms with Crippen LogP contribution in [0.1, 0.15) is 11.1 Å². The number of halogens is 4. The Balaban J connectivity index is 2.83. The Hall–Kier alpha value is -2.32. The number of hydrogen-bond donors (Lipinski definition) is 3. The molecule has 0 aromatic heterocycles. The molecule has 0 aliphatic carbocycles. The van der Waals surface area contributed by atoms with Gasteiger partial charge in [-0.2, -0.15) is 18.2 Å². The highest BCUT2D eigenvalue weighted by Crippen LogP contribution is 2.30. The molecule has 0 heterocycles. The van der Waals surface area contributed by atoms with Crippen LogP contribution in [0.15, 0.2) is 23.2 Å². The van der Waals surface area contributed by atoms with Crippen LogP contribution in [0, 0.1) is 5.82 Å². The topological polar surface area (TPSA) is 93.5 Å². The maximum Gasteiger partial charge on any atom is 0.416 e. The van der Waals surface area contributed by atoms with Crippen molar-refractivity contribution < 1.29 is 22.4 Å². The number of carbonyl (C=O) groups is 1. The fourth-order valence-electron chi connectivity index (χ4n) is 1.25. The van der Waals surface area contributed by atoms with Gasteiger partial charge in [0.25, 0.3) is 0 Å². The first-order valence-electron chi connectivity index (χ1n) is 4.92. The van der Waals surface area contributed by atoms with Gasteiger partial charge in [0.15, 0.2) is 5.96 Å². The summed E-state index contributed by atoms with van der Waals surface area (Å²) in [5.74, 6) is -1.55. The van der Waals surface area contributed by atoms with E-state index in [2.05, 4.69) is 10.3 Å². The van der Waals surface area contributed by atoms with Gasteiger partial charge >= 0.3 is 12.2 Å². The van der Waals surface area contributed by atoms with Crippen molar-refractivity contribution in [1.82, 2.24) is 5.32 Å². The molecule has 9 heteroatoms. The van der Waals surface area contributed by atoms with Gasteiger partial charge in [-0.05, 0) is 23.8 Å². The Morgan fingerprint density at radius 2 is 1.89 bits per heavy atom. The minimum Gasteiger partial charge on any atom is -0.370 e. The molecule has 0 aliphatic rings. The molecule has 0 radical (unpaired) electrons. The van der Waals surface area contributed by atoms with Crippen molar-refractivity contribution in [3.63, 3.8) is 0 Å². The van der Waals surface area contributed by atoms with Gasteiger partial charge in [-0.1, -0.05) is 0 Å². The molecule has 0 aliphatic heterocycles. The van der Waals surface area contributed by atoms with E-state index >= 15 is 0 Å². The number of benzene rings is 1. The number of nitrogens with one attached hydrogen (secondary N) is 1. The number of nitrogens with two attached hydrogens (primary N) is 2. The zero-order chi connectivity index (χ0) is 14.6. The number of rotatable bonds is 2. The third kappa shape index (κ3) is 4.82. The van der Waals surface area contributed by atoms with Crippen LogP contribution >= 0.6 is 0 Å². The predicted molar refractivity (Wildman–Crippen MR) is 59.4 cm³/mol. The van der Waals surface area contributed by atoms with Crippen LogP contribution in [0.2, 0.25) is 0 Å². The number of carbonyl (C=O) groups excluding carboxylic acids is 1. The van der Waals surface area contributed by atoms with Crippen LogP contribution in [-0.4, -0.2) is 12.0 Å². The SMILES string of the molecule is NC(N)=NC(=O)NCc1cc(F)cc(C(F)(F)F)c1. The smallest absolute Gasteiger partial charge is 0.370 e. The van der Waals surface area contributed by atoms with Crippen LogP contribution in [0.25, 0.3) is 0 Å². The van der Waals surface area contributed by atoms with E-state index in [1.165, 1.54) is 0 Å². The highest BCUT2D eigenvalue weighted by molar-refractivity contribution is 5.90. The molecule has 1 rings (SSSR count). The number of urea groups is 1. The largest absolute Gasteiger partial charge is 0.416 e. The molecule has 1 aromatic rings. The molecule has 0 spiro atoms. The lowest BCUT2D eigenvalue weighted by Crippen LogP contribution is -2.28. The lowest BCUT2D eigenvalue weighted by atomic mass is 10.1. The maximum atomic E-state index is 13.0. The number of nitrogens with zero attached hydrogens (tertiary/aromatic N) is 1. The van der Waals surface area contributed by atoms with Gasteiger partial charge in [-0.3, -0.25) is 0 Å². The minimum absolute atomic E-state index is 0.0635. The van der Waals surface area contributed by atoms with E-state index < -0.39 is 29.5 Å². The predicted octanol–water partition coefficient (Wildman–Crippen LogP) is 1.33. The Labute approximate surface area is 105 Å². The fourth-order valence-corrected chi connectivity index (χ4v) is 1.25. The molecule has 19 heavy (non-hydrogen) atoms. The third-order valence-electron chi connectivity index (χ3n) is 1.96. The first-order valence-corrected chi connectivity index (χ1v) is 4.92. The third-order valence-corrected chi connectivity index (χ3v) is 1.96. The number of amides is 2. The first kappa shape index (κ1) is 14.7. The van der Waals surface area contributed by atoms with Crippen molar-refractivity contribution in [1.29, 1.82) is 0 Å². The van der Waals surface area contributed by atoms with Crippen LogP contribution in [0.5, 0.6) is 0 Å². The Morgan fingerprint density at radius 3 is 2.42 bits per heavy atom. The van der Waals surface area contributed by atoms with Gasteiger partial charge < -0.3 is 16.8 Å². The molecule has 0 saturated heterocycles. The molecule has 0 bridgehead atoms. The van der Waals surface area contributed by atoms with Crippen molar-refractivity contribution in [3.05, 3.63) is 35.1 Å². The maximum absolute atomic E-state index is 13.0. The molecule has 0 atom stereocenters. The van der Waals surface area contributed by atoms with E-state index in [0.29, 0.717) is 6.07 Å². The zero-order valence-electron chi connectivity index (χ0n) is 9.46. The van der Waals surface area contributed by atoms with E-state index in [4.69, 9.17) is 11.5 Å². The molecular formula is C10H10F4N4O. The van der Waals surface area contributed by atoms with Crippen molar-refractivity contribution in [2.75, 3.05) is 0 Å². The minimum atomic E-state index is -4.67. The van der Waals surface area contributed by atoms with Crippen LogP contribution in [0.3, 0.4) is 0 Å². The average Bonchev–Trinajstić information content (AvgIpc) is 2.23. The summed E-state index contributed by atoms with van der Waals surface area (Å²) in [6.07, 6.45) is -4.67.